The number of unbranched alkanes of at least 4 members (excludes halogenated alkanes) is 1. The highest BCUT2D eigenvalue weighted by Crippen LogP contribution is 2.32. The number of aromatic nitrogens is 2. The van der Waals surface area contributed by atoms with Gasteiger partial charge in [0, 0.05) is 37.0 Å². The van der Waals surface area contributed by atoms with Crippen molar-refractivity contribution in [3.05, 3.63) is 40.7 Å². The van der Waals surface area contributed by atoms with E-state index in [1.807, 2.05) is 32.0 Å². The molecule has 0 spiro atoms. The van der Waals surface area contributed by atoms with Crippen LogP contribution in [0.2, 0.25) is 0 Å². The van der Waals surface area contributed by atoms with E-state index in [0.717, 1.165) is 47.9 Å². The lowest BCUT2D eigenvalue weighted by molar-refractivity contribution is -0.116. The highest BCUT2D eigenvalue weighted by atomic mass is 32.2. The predicted molar refractivity (Wildman–Crippen MR) is 114 cm³/mol. The number of Topliss-reactive ketones (excluding diaryl/α,β-unsaturated/α-hetero) is 1. The minimum Gasteiger partial charge on any atom is -0.323 e. The summed E-state index contributed by atoms with van der Waals surface area (Å²) in [6, 6.07) is 5.71. The second kappa shape index (κ2) is 8.52. The lowest BCUT2D eigenvalue weighted by Gasteiger charge is -2.16. The first-order valence-corrected chi connectivity index (χ1v) is 10.9. The summed E-state index contributed by atoms with van der Waals surface area (Å²) >= 11 is 1.54. The Labute approximate surface area is 171 Å². The van der Waals surface area contributed by atoms with Crippen LogP contribution in [-0.2, 0) is 17.8 Å². The van der Waals surface area contributed by atoms with E-state index in [9.17, 15) is 9.59 Å². The second-order valence-electron chi connectivity index (χ2n) is 7.46. The maximum Gasteiger partial charge on any atom is 0.223 e. The Hall–Kier alpha value is -2.08. The third-order valence-electron chi connectivity index (χ3n) is 5.45. The predicted octanol–water partition coefficient (Wildman–Crippen LogP) is 4.57. The fourth-order valence-corrected chi connectivity index (χ4v) is 4.73. The molecule has 1 aromatic carbocycles. The summed E-state index contributed by atoms with van der Waals surface area (Å²) in [7, 11) is 0. The molecule has 3 rings (SSSR count). The number of aryl methyl sites for hydroxylation is 1. The van der Waals surface area contributed by atoms with E-state index in [2.05, 4.69) is 18.4 Å². The molecule has 1 aromatic heterocycles. The molecule has 2 heterocycles. The largest absolute Gasteiger partial charge is 0.323 e. The minimum atomic E-state index is -0.218. The fourth-order valence-electron chi connectivity index (χ4n) is 3.62. The molecule has 28 heavy (non-hydrogen) atoms. The second-order valence-corrected chi connectivity index (χ2v) is 8.77. The number of carbonyl (C=O) groups is 2. The average molecular weight is 400 g/mol. The summed E-state index contributed by atoms with van der Waals surface area (Å²) in [6.07, 6.45) is 3.03. The number of ketones is 1. The van der Waals surface area contributed by atoms with Gasteiger partial charge in [0.1, 0.15) is 0 Å². The minimum absolute atomic E-state index is 0.0476. The van der Waals surface area contributed by atoms with Crippen LogP contribution in [0.1, 0.15) is 60.9 Å². The summed E-state index contributed by atoms with van der Waals surface area (Å²) in [6.45, 7) is 11.5. The number of anilines is 1. The normalized spacial score (nSPS) is 14.2. The van der Waals surface area contributed by atoms with Gasteiger partial charge in [-0.2, -0.15) is 0 Å². The van der Waals surface area contributed by atoms with E-state index in [4.69, 9.17) is 4.98 Å². The summed E-state index contributed by atoms with van der Waals surface area (Å²) in [5.41, 5.74) is 4.93. The monoisotopic (exact) mass is 399 g/mol. The van der Waals surface area contributed by atoms with Gasteiger partial charge >= 0.3 is 0 Å². The zero-order valence-corrected chi connectivity index (χ0v) is 18.2. The number of nitrogens with zero attached hydrogens (tertiary/aromatic N) is 3. The van der Waals surface area contributed by atoms with E-state index < -0.39 is 0 Å². The number of hydrogen-bond acceptors (Lipinski definition) is 4. The lowest BCUT2D eigenvalue weighted by Crippen LogP contribution is -2.25. The van der Waals surface area contributed by atoms with Crippen molar-refractivity contribution in [2.24, 2.45) is 0 Å². The van der Waals surface area contributed by atoms with Gasteiger partial charge in [0.25, 0.3) is 0 Å². The molecule has 1 amide bonds. The number of fused-ring (bicyclic) bond motifs is 1. The van der Waals surface area contributed by atoms with Gasteiger partial charge in [0.05, 0.1) is 10.9 Å². The zero-order valence-electron chi connectivity index (χ0n) is 17.4. The topological polar surface area (TPSA) is 55.2 Å². The van der Waals surface area contributed by atoms with Crippen LogP contribution in [0.15, 0.2) is 23.4 Å². The molecule has 0 N–H and O–H groups in total. The number of imidazole rings is 1. The third-order valence-corrected chi connectivity index (χ3v) is 6.54. The van der Waals surface area contributed by atoms with Crippen molar-refractivity contribution in [3.63, 3.8) is 0 Å². The number of thioether (sulfide) groups is 1. The van der Waals surface area contributed by atoms with Crippen LogP contribution in [0.5, 0.6) is 0 Å². The Bertz CT molecular complexity index is 903. The van der Waals surface area contributed by atoms with Crippen LogP contribution in [0.4, 0.5) is 5.69 Å². The Morgan fingerprint density at radius 2 is 2.04 bits per heavy atom. The van der Waals surface area contributed by atoms with Crippen molar-refractivity contribution in [1.29, 1.82) is 0 Å². The third kappa shape index (κ3) is 4.02. The van der Waals surface area contributed by atoms with Gasteiger partial charge in [-0.15, -0.1) is 0 Å². The van der Waals surface area contributed by atoms with Gasteiger partial charge in [-0.05, 0) is 57.4 Å². The number of amides is 1. The van der Waals surface area contributed by atoms with E-state index >= 15 is 0 Å². The van der Waals surface area contributed by atoms with Gasteiger partial charge in [0.15, 0.2) is 10.9 Å². The highest BCUT2D eigenvalue weighted by Gasteiger charge is 2.25. The van der Waals surface area contributed by atoms with Crippen LogP contribution < -0.4 is 4.90 Å². The van der Waals surface area contributed by atoms with Gasteiger partial charge in [0.2, 0.25) is 5.91 Å². The van der Waals surface area contributed by atoms with Gasteiger partial charge < -0.3 is 9.47 Å². The molecule has 2 aromatic rings. The van der Waals surface area contributed by atoms with Crippen LogP contribution >= 0.6 is 11.8 Å². The Kier molecular flexibility index (Phi) is 6.28. The van der Waals surface area contributed by atoms with Crippen LogP contribution in [-0.4, -0.2) is 33.0 Å². The Morgan fingerprint density at radius 1 is 1.29 bits per heavy atom. The summed E-state index contributed by atoms with van der Waals surface area (Å²) in [5, 5.41) is 0.707. The smallest absolute Gasteiger partial charge is 0.223 e. The van der Waals surface area contributed by atoms with Gasteiger partial charge in [-0.25, -0.2) is 4.98 Å². The van der Waals surface area contributed by atoms with E-state index in [-0.39, 0.29) is 16.9 Å². The number of rotatable bonds is 7. The molecule has 150 valence electrons. The summed E-state index contributed by atoms with van der Waals surface area (Å²) < 4.78 is 2.24. The zero-order chi connectivity index (χ0) is 20.4. The molecule has 0 saturated heterocycles. The summed E-state index contributed by atoms with van der Waals surface area (Å²) in [5.74, 6) is 0.154. The molecule has 0 unspecified atom stereocenters. The van der Waals surface area contributed by atoms with Crippen LogP contribution in [0.25, 0.3) is 0 Å². The molecular weight excluding hydrogens is 370 g/mol. The first-order chi connectivity index (χ1) is 13.3. The molecule has 0 saturated carbocycles. The first kappa shape index (κ1) is 20.6. The van der Waals surface area contributed by atoms with E-state index in [1.165, 1.54) is 17.5 Å². The SMILES string of the molecule is CCCCn1c(S[C@@H](C)C(=O)c2ccc3c(c2)CCN3C(C)=O)nc(C)c1C. The van der Waals surface area contributed by atoms with Crippen molar-refractivity contribution in [2.75, 3.05) is 11.4 Å². The molecule has 1 atom stereocenters. The molecule has 0 bridgehead atoms. The van der Waals surface area contributed by atoms with Gasteiger partial charge in [-0.3, -0.25) is 9.59 Å². The molecule has 6 heteroatoms. The van der Waals surface area contributed by atoms with Crippen LogP contribution in [0, 0.1) is 13.8 Å². The maximum absolute atomic E-state index is 13.0. The van der Waals surface area contributed by atoms with Crippen LogP contribution in [0.3, 0.4) is 0 Å². The average Bonchev–Trinajstić information content (AvgIpc) is 3.20. The molecule has 1 aliphatic heterocycles. The fraction of sp³-hybridized carbons (Fsp3) is 0.500. The number of carbonyl (C=O) groups excluding carboxylic acids is 2. The standard InChI is InChI=1S/C22H29N3O2S/c1-6-7-11-24-15(3)14(2)23-22(24)28-16(4)21(27)19-8-9-20-18(13-19)10-12-25(20)17(5)26/h8-9,13,16H,6-7,10-12H2,1-5H3/t16-/m0/s1. The summed E-state index contributed by atoms with van der Waals surface area (Å²) in [4.78, 5) is 31.2. The first-order valence-electron chi connectivity index (χ1n) is 9.99. The quantitative estimate of drug-likeness (QED) is 0.505. The highest BCUT2D eigenvalue weighted by molar-refractivity contribution is 8.00. The van der Waals surface area contributed by atoms with Crippen molar-refractivity contribution in [1.82, 2.24) is 9.55 Å². The maximum atomic E-state index is 13.0. The number of hydrogen-bond donors (Lipinski definition) is 0. The number of benzene rings is 1. The molecule has 5 nitrogen and oxygen atoms in total. The Morgan fingerprint density at radius 3 is 2.71 bits per heavy atom. The van der Waals surface area contributed by atoms with E-state index in [1.54, 1.807) is 11.8 Å². The molecule has 0 radical (unpaired) electrons. The van der Waals surface area contributed by atoms with Gasteiger partial charge in [-0.1, -0.05) is 25.1 Å². The molecule has 0 aliphatic carbocycles. The van der Waals surface area contributed by atoms with Crippen molar-refractivity contribution >= 4 is 29.1 Å². The van der Waals surface area contributed by atoms with E-state index in [0.29, 0.717) is 12.1 Å². The Balaban J connectivity index is 1.77. The van der Waals surface area contributed by atoms with Crippen molar-refractivity contribution < 1.29 is 9.59 Å². The van der Waals surface area contributed by atoms with Crippen molar-refractivity contribution in [2.45, 2.75) is 70.8 Å². The molecule has 0 fully saturated rings. The lowest BCUT2D eigenvalue weighted by atomic mass is 10.0. The van der Waals surface area contributed by atoms with Crippen molar-refractivity contribution in [3.8, 4) is 0 Å². The molecular formula is C22H29N3O2S. The molecule has 1 aliphatic rings.